The summed E-state index contributed by atoms with van der Waals surface area (Å²) in [5, 5.41) is 2.95. The highest BCUT2D eigenvalue weighted by Crippen LogP contribution is 2.35. The predicted molar refractivity (Wildman–Crippen MR) is 107 cm³/mol. The molecule has 3 rings (SSSR count). The van der Waals surface area contributed by atoms with Gasteiger partial charge < -0.3 is 24.3 Å². The molecule has 1 aliphatic rings. The van der Waals surface area contributed by atoms with Crippen LogP contribution in [0.3, 0.4) is 0 Å². The van der Waals surface area contributed by atoms with E-state index in [2.05, 4.69) is 5.32 Å². The summed E-state index contributed by atoms with van der Waals surface area (Å²) in [5.41, 5.74) is 2.53. The van der Waals surface area contributed by atoms with Crippen LogP contribution in [0.5, 0.6) is 23.0 Å². The maximum atomic E-state index is 12.6. The molecular formula is C22H27NO5. The third kappa shape index (κ3) is 4.32. The Bertz CT molecular complexity index is 849. The van der Waals surface area contributed by atoms with Gasteiger partial charge in [0.25, 0.3) is 5.91 Å². The molecule has 0 unspecified atom stereocenters. The number of hydrogen-bond donors (Lipinski definition) is 1. The Balaban J connectivity index is 1.75. The van der Waals surface area contributed by atoms with Gasteiger partial charge in [0.1, 0.15) is 17.6 Å². The highest BCUT2D eigenvalue weighted by Gasteiger charge is 2.22. The van der Waals surface area contributed by atoms with Crippen molar-refractivity contribution in [3.05, 3.63) is 47.0 Å². The number of rotatable bonds is 8. The number of benzene rings is 2. The monoisotopic (exact) mass is 385 g/mol. The Morgan fingerprint density at radius 1 is 1.11 bits per heavy atom. The zero-order valence-corrected chi connectivity index (χ0v) is 16.8. The molecule has 2 aromatic carbocycles. The first kappa shape index (κ1) is 19.9. The highest BCUT2D eigenvalue weighted by molar-refractivity contribution is 5.94. The van der Waals surface area contributed by atoms with E-state index in [0.29, 0.717) is 36.8 Å². The molecule has 6 nitrogen and oxygen atoms in total. The van der Waals surface area contributed by atoms with Crippen LogP contribution in [-0.2, 0) is 13.0 Å². The average molecular weight is 385 g/mol. The van der Waals surface area contributed by atoms with Gasteiger partial charge in [0, 0.05) is 29.7 Å². The predicted octanol–water partition coefficient (Wildman–Crippen LogP) is 3.75. The van der Waals surface area contributed by atoms with Gasteiger partial charge in [0.15, 0.2) is 11.5 Å². The summed E-state index contributed by atoms with van der Waals surface area (Å²) in [4.78, 5) is 12.6. The zero-order valence-electron chi connectivity index (χ0n) is 16.8. The Labute approximate surface area is 165 Å². The van der Waals surface area contributed by atoms with Gasteiger partial charge in [0.05, 0.1) is 20.3 Å². The normalized spacial score (nSPS) is 14.8. The summed E-state index contributed by atoms with van der Waals surface area (Å²) in [6.45, 7) is 7.32. The van der Waals surface area contributed by atoms with Gasteiger partial charge in [-0.3, -0.25) is 4.79 Å². The van der Waals surface area contributed by atoms with Crippen molar-refractivity contribution in [1.29, 1.82) is 0 Å². The quantitative estimate of drug-likeness (QED) is 0.750. The summed E-state index contributed by atoms with van der Waals surface area (Å²) in [6, 6.07) is 9.12. The molecule has 0 saturated carbocycles. The molecule has 1 atom stereocenters. The van der Waals surface area contributed by atoms with E-state index in [-0.39, 0.29) is 12.0 Å². The number of carbonyl (C=O) groups excluding carboxylic acids is 1. The Kier molecular flexibility index (Phi) is 6.29. The zero-order chi connectivity index (χ0) is 20.1. The smallest absolute Gasteiger partial charge is 0.251 e. The topological polar surface area (TPSA) is 66.0 Å². The van der Waals surface area contributed by atoms with E-state index >= 15 is 0 Å². The molecule has 0 aromatic heterocycles. The van der Waals surface area contributed by atoms with Gasteiger partial charge in [-0.05, 0) is 51.1 Å². The average Bonchev–Trinajstić information content (AvgIpc) is 3.05. The largest absolute Gasteiger partial charge is 0.494 e. The third-order valence-electron chi connectivity index (χ3n) is 4.54. The third-order valence-corrected chi connectivity index (χ3v) is 4.54. The molecule has 1 amide bonds. The number of nitrogens with one attached hydrogen (secondary N) is 1. The van der Waals surface area contributed by atoms with E-state index in [1.165, 1.54) is 0 Å². The molecule has 0 aliphatic carbocycles. The SMILES string of the molecule is CCOc1cc2c(cc1CNC(=O)c1ccc(OCC)c(OC)c1)O[C@H](C)C2. The second-order valence-electron chi connectivity index (χ2n) is 6.61. The van der Waals surface area contributed by atoms with Crippen LogP contribution >= 0.6 is 0 Å². The summed E-state index contributed by atoms with van der Waals surface area (Å²) >= 11 is 0. The summed E-state index contributed by atoms with van der Waals surface area (Å²) < 4.78 is 22.4. The van der Waals surface area contributed by atoms with E-state index < -0.39 is 0 Å². The molecular weight excluding hydrogens is 358 g/mol. The number of fused-ring (bicyclic) bond motifs is 1. The number of ether oxygens (including phenoxy) is 4. The number of methoxy groups -OCH3 is 1. The molecule has 0 radical (unpaired) electrons. The minimum atomic E-state index is -0.196. The second kappa shape index (κ2) is 8.87. The van der Waals surface area contributed by atoms with Crippen molar-refractivity contribution in [2.45, 2.75) is 39.8 Å². The van der Waals surface area contributed by atoms with Gasteiger partial charge >= 0.3 is 0 Å². The van der Waals surface area contributed by atoms with Crippen LogP contribution < -0.4 is 24.3 Å². The van der Waals surface area contributed by atoms with E-state index in [1.807, 2.05) is 32.9 Å². The van der Waals surface area contributed by atoms with Gasteiger partial charge in [-0.1, -0.05) is 0 Å². The lowest BCUT2D eigenvalue weighted by molar-refractivity contribution is 0.0950. The van der Waals surface area contributed by atoms with Crippen molar-refractivity contribution in [3.8, 4) is 23.0 Å². The molecule has 28 heavy (non-hydrogen) atoms. The first-order chi connectivity index (χ1) is 13.5. The first-order valence-electron chi connectivity index (χ1n) is 9.60. The molecule has 1 N–H and O–H groups in total. The molecule has 150 valence electrons. The Hall–Kier alpha value is -2.89. The van der Waals surface area contributed by atoms with Crippen molar-refractivity contribution in [2.24, 2.45) is 0 Å². The van der Waals surface area contributed by atoms with Crippen LogP contribution in [-0.4, -0.2) is 32.3 Å². The molecule has 0 fully saturated rings. The Morgan fingerprint density at radius 3 is 2.57 bits per heavy atom. The van der Waals surface area contributed by atoms with E-state index in [4.69, 9.17) is 18.9 Å². The Morgan fingerprint density at radius 2 is 1.86 bits per heavy atom. The van der Waals surface area contributed by atoms with Crippen molar-refractivity contribution < 1.29 is 23.7 Å². The van der Waals surface area contributed by atoms with Crippen LogP contribution in [0.4, 0.5) is 0 Å². The fourth-order valence-electron chi connectivity index (χ4n) is 3.27. The summed E-state index contributed by atoms with van der Waals surface area (Å²) in [6.07, 6.45) is 1.03. The van der Waals surface area contributed by atoms with Gasteiger partial charge in [-0.15, -0.1) is 0 Å². The van der Waals surface area contributed by atoms with Crippen LogP contribution in [0.25, 0.3) is 0 Å². The molecule has 0 spiro atoms. The van der Waals surface area contributed by atoms with Crippen molar-refractivity contribution in [3.63, 3.8) is 0 Å². The molecule has 1 heterocycles. The van der Waals surface area contributed by atoms with Crippen LogP contribution in [0, 0.1) is 0 Å². The summed E-state index contributed by atoms with van der Waals surface area (Å²) in [5.74, 6) is 2.60. The van der Waals surface area contributed by atoms with Crippen molar-refractivity contribution >= 4 is 5.91 Å². The minimum Gasteiger partial charge on any atom is -0.494 e. The standard InChI is InChI=1S/C22H27NO5/c1-5-26-18-8-7-15(10-21(18)25-4)22(24)23-13-17-12-20-16(9-14(3)28-20)11-19(17)27-6-2/h7-8,10-12,14H,5-6,9,13H2,1-4H3,(H,23,24)/t14-/m1/s1. The maximum Gasteiger partial charge on any atom is 0.251 e. The number of amides is 1. The maximum absolute atomic E-state index is 12.6. The first-order valence-corrected chi connectivity index (χ1v) is 9.60. The van der Waals surface area contributed by atoms with E-state index in [9.17, 15) is 4.79 Å². The molecule has 0 bridgehead atoms. The lowest BCUT2D eigenvalue weighted by atomic mass is 10.1. The van der Waals surface area contributed by atoms with Crippen molar-refractivity contribution in [1.82, 2.24) is 5.32 Å². The van der Waals surface area contributed by atoms with Gasteiger partial charge in [-0.25, -0.2) is 0 Å². The number of carbonyl (C=O) groups is 1. The van der Waals surface area contributed by atoms with Gasteiger partial charge in [0.2, 0.25) is 0 Å². The minimum absolute atomic E-state index is 0.158. The van der Waals surface area contributed by atoms with Gasteiger partial charge in [-0.2, -0.15) is 0 Å². The second-order valence-corrected chi connectivity index (χ2v) is 6.61. The fourth-order valence-corrected chi connectivity index (χ4v) is 3.27. The molecule has 0 saturated heterocycles. The highest BCUT2D eigenvalue weighted by atomic mass is 16.5. The van der Waals surface area contributed by atoms with E-state index in [0.717, 1.165) is 29.0 Å². The molecule has 1 aliphatic heterocycles. The van der Waals surface area contributed by atoms with Crippen LogP contribution in [0.15, 0.2) is 30.3 Å². The van der Waals surface area contributed by atoms with E-state index in [1.54, 1.807) is 25.3 Å². The fraction of sp³-hybridized carbons (Fsp3) is 0.409. The molecule has 6 heteroatoms. The summed E-state index contributed by atoms with van der Waals surface area (Å²) in [7, 11) is 1.55. The van der Waals surface area contributed by atoms with Crippen LogP contribution in [0.2, 0.25) is 0 Å². The number of hydrogen-bond acceptors (Lipinski definition) is 5. The lowest BCUT2D eigenvalue weighted by Crippen LogP contribution is -2.23. The van der Waals surface area contributed by atoms with Crippen LogP contribution in [0.1, 0.15) is 42.3 Å². The molecule has 2 aromatic rings. The van der Waals surface area contributed by atoms with Crippen molar-refractivity contribution in [2.75, 3.05) is 20.3 Å². The lowest BCUT2D eigenvalue weighted by Gasteiger charge is -2.14.